The van der Waals surface area contributed by atoms with Crippen LogP contribution in [-0.2, 0) is 47.5 Å². The third-order valence-corrected chi connectivity index (χ3v) is 3.13. The van der Waals surface area contributed by atoms with Gasteiger partial charge in [-0.25, -0.2) is 9.59 Å². The molecule has 10 nitrogen and oxygen atoms in total. The molecular formula is C16H26O10. The van der Waals surface area contributed by atoms with Crippen LogP contribution in [-0.4, -0.2) is 64.5 Å². The Morgan fingerprint density at radius 2 is 0.962 bits per heavy atom. The van der Waals surface area contributed by atoms with E-state index in [0.717, 1.165) is 14.2 Å². The van der Waals surface area contributed by atoms with E-state index in [0.29, 0.717) is 0 Å². The molecule has 26 heavy (non-hydrogen) atoms. The monoisotopic (exact) mass is 378 g/mol. The second kappa shape index (κ2) is 9.72. The Kier molecular flexibility index (Phi) is 8.28. The number of methoxy groups -OCH3 is 2. The molecule has 0 aliphatic carbocycles. The number of esters is 2. The smallest absolute Gasteiger partial charge is 0.428 e. The van der Waals surface area contributed by atoms with Crippen molar-refractivity contribution in [1.29, 1.82) is 0 Å². The third kappa shape index (κ3) is 4.09. The lowest BCUT2D eigenvalue weighted by Crippen LogP contribution is -2.66. The summed E-state index contributed by atoms with van der Waals surface area (Å²) in [6, 6.07) is 0. The van der Waals surface area contributed by atoms with Crippen LogP contribution >= 0.6 is 0 Å². The van der Waals surface area contributed by atoms with E-state index in [1.165, 1.54) is 0 Å². The van der Waals surface area contributed by atoms with Crippen molar-refractivity contribution < 1.29 is 47.5 Å². The van der Waals surface area contributed by atoms with Crippen molar-refractivity contribution in [2.24, 2.45) is 0 Å². The van der Waals surface area contributed by atoms with Gasteiger partial charge in [-0.2, -0.15) is 0 Å². The van der Waals surface area contributed by atoms with Crippen molar-refractivity contribution in [3.63, 3.8) is 0 Å². The van der Waals surface area contributed by atoms with Crippen LogP contribution < -0.4 is 0 Å². The zero-order valence-electron chi connectivity index (χ0n) is 15.9. The number of ether oxygens (including phenoxy) is 8. The summed E-state index contributed by atoms with van der Waals surface area (Å²) in [5.74, 6) is -7.40. The largest absolute Gasteiger partial charge is 0.463 e. The SMILES string of the molecule is CCOC1(OCC)OC(C(=O)OC)=C(C(=O)OC)OC1(OCC)OCC. The van der Waals surface area contributed by atoms with Gasteiger partial charge < -0.3 is 37.9 Å². The zero-order valence-corrected chi connectivity index (χ0v) is 15.9. The molecule has 0 aromatic carbocycles. The fraction of sp³-hybridized carbons (Fsp3) is 0.750. The summed E-state index contributed by atoms with van der Waals surface area (Å²) in [6.45, 7) is 7.05. The number of carbonyl (C=O) groups excluding carboxylic acids is 2. The number of carbonyl (C=O) groups is 2. The highest BCUT2D eigenvalue weighted by Gasteiger charge is 2.68. The van der Waals surface area contributed by atoms with Crippen molar-refractivity contribution in [2.45, 2.75) is 39.6 Å². The second-order valence-corrected chi connectivity index (χ2v) is 4.69. The molecule has 0 aromatic rings. The quantitative estimate of drug-likeness (QED) is 0.404. The van der Waals surface area contributed by atoms with Crippen molar-refractivity contribution in [2.75, 3.05) is 40.6 Å². The van der Waals surface area contributed by atoms with Gasteiger partial charge in [-0.1, -0.05) is 0 Å². The molecule has 1 rings (SSSR count). The van der Waals surface area contributed by atoms with Crippen LogP contribution in [0.5, 0.6) is 0 Å². The van der Waals surface area contributed by atoms with E-state index in [1.54, 1.807) is 27.7 Å². The molecule has 0 saturated heterocycles. The predicted molar refractivity (Wildman–Crippen MR) is 85.2 cm³/mol. The predicted octanol–water partition coefficient (Wildman–Crippen LogP) is 1.04. The summed E-state index contributed by atoms with van der Waals surface area (Å²) >= 11 is 0. The Bertz CT molecular complexity index is 469. The summed E-state index contributed by atoms with van der Waals surface area (Å²) in [5.41, 5.74) is 0. The van der Waals surface area contributed by atoms with Crippen molar-refractivity contribution in [1.82, 2.24) is 0 Å². The zero-order chi connectivity index (χ0) is 19.8. The summed E-state index contributed by atoms with van der Waals surface area (Å²) in [6.07, 6.45) is 0. The summed E-state index contributed by atoms with van der Waals surface area (Å²) in [5, 5.41) is 0. The molecule has 0 N–H and O–H groups in total. The van der Waals surface area contributed by atoms with Crippen molar-refractivity contribution >= 4 is 11.9 Å². The number of rotatable bonds is 10. The highest BCUT2D eigenvalue weighted by molar-refractivity contribution is 5.97. The highest BCUT2D eigenvalue weighted by atomic mass is 17.0. The Labute approximate surface area is 152 Å². The molecule has 0 fully saturated rings. The maximum absolute atomic E-state index is 12.1. The molecule has 0 spiro atoms. The summed E-state index contributed by atoms with van der Waals surface area (Å²) < 4.78 is 43.0. The molecule has 1 aliphatic heterocycles. The Morgan fingerprint density at radius 3 is 1.15 bits per heavy atom. The van der Waals surface area contributed by atoms with Crippen molar-refractivity contribution in [3.8, 4) is 0 Å². The molecule has 0 amide bonds. The molecule has 10 heteroatoms. The van der Waals surface area contributed by atoms with E-state index < -0.39 is 35.4 Å². The van der Waals surface area contributed by atoms with Gasteiger partial charge in [0.2, 0.25) is 0 Å². The van der Waals surface area contributed by atoms with Gasteiger partial charge in [0.15, 0.2) is 0 Å². The minimum atomic E-state index is -2.12. The van der Waals surface area contributed by atoms with Crippen LogP contribution in [0.1, 0.15) is 27.7 Å². The first-order valence-corrected chi connectivity index (χ1v) is 8.25. The summed E-state index contributed by atoms with van der Waals surface area (Å²) in [4.78, 5) is 24.3. The maximum Gasteiger partial charge on any atom is 0.428 e. The minimum absolute atomic E-state index is 0.0905. The van der Waals surface area contributed by atoms with Gasteiger partial charge in [0, 0.05) is 0 Å². The highest BCUT2D eigenvalue weighted by Crippen LogP contribution is 2.43. The van der Waals surface area contributed by atoms with Crippen LogP contribution in [0.25, 0.3) is 0 Å². The second-order valence-electron chi connectivity index (χ2n) is 4.69. The van der Waals surface area contributed by atoms with Gasteiger partial charge in [0.05, 0.1) is 40.6 Å². The first-order valence-electron chi connectivity index (χ1n) is 8.25. The number of hydrogen-bond acceptors (Lipinski definition) is 10. The van der Waals surface area contributed by atoms with Crippen LogP contribution in [0.3, 0.4) is 0 Å². The summed E-state index contributed by atoms with van der Waals surface area (Å²) in [7, 11) is 2.23. The van der Waals surface area contributed by atoms with Crippen molar-refractivity contribution in [3.05, 3.63) is 11.5 Å². The molecule has 0 saturated carbocycles. The average molecular weight is 378 g/mol. The van der Waals surface area contributed by atoms with E-state index >= 15 is 0 Å². The van der Waals surface area contributed by atoms with Gasteiger partial charge in [0.1, 0.15) is 0 Å². The standard InChI is InChI=1S/C16H26O10/c1-7-21-15(22-8-2)16(23-9-3,24-10-4)26-12(14(18)20-6)11(25-15)13(17)19-5/h7-10H2,1-6H3. The van der Waals surface area contributed by atoms with Gasteiger partial charge >= 0.3 is 23.9 Å². The van der Waals surface area contributed by atoms with Crippen LogP contribution in [0.2, 0.25) is 0 Å². The lowest BCUT2D eigenvalue weighted by atomic mass is 10.3. The molecule has 0 aromatic heterocycles. The van der Waals surface area contributed by atoms with Gasteiger partial charge in [-0.15, -0.1) is 0 Å². The third-order valence-electron chi connectivity index (χ3n) is 3.13. The Morgan fingerprint density at radius 1 is 0.692 bits per heavy atom. The minimum Gasteiger partial charge on any atom is -0.463 e. The van der Waals surface area contributed by atoms with Gasteiger partial charge in [-0.05, 0) is 27.7 Å². The Hall–Kier alpha value is -1.88. The molecule has 0 atom stereocenters. The van der Waals surface area contributed by atoms with E-state index in [-0.39, 0.29) is 26.4 Å². The lowest BCUT2D eigenvalue weighted by Gasteiger charge is -2.47. The molecule has 0 unspecified atom stereocenters. The molecule has 150 valence electrons. The topological polar surface area (TPSA) is 108 Å². The molecule has 1 heterocycles. The molecular weight excluding hydrogens is 352 g/mol. The van der Waals surface area contributed by atoms with Crippen LogP contribution in [0.15, 0.2) is 11.5 Å². The molecule has 0 radical (unpaired) electrons. The van der Waals surface area contributed by atoms with Crippen LogP contribution in [0.4, 0.5) is 0 Å². The average Bonchev–Trinajstić information content (AvgIpc) is 2.63. The lowest BCUT2D eigenvalue weighted by molar-refractivity contribution is -0.556. The van der Waals surface area contributed by atoms with E-state index in [1.807, 2.05) is 0 Å². The fourth-order valence-electron chi connectivity index (χ4n) is 2.26. The first-order chi connectivity index (χ1) is 12.4. The fourth-order valence-corrected chi connectivity index (χ4v) is 2.26. The van der Waals surface area contributed by atoms with E-state index in [2.05, 4.69) is 9.47 Å². The normalized spacial score (nSPS) is 17.9. The molecule has 1 aliphatic rings. The molecule has 0 bridgehead atoms. The Balaban J connectivity index is 3.65. The maximum atomic E-state index is 12.1. The number of hydrogen-bond donors (Lipinski definition) is 0. The first kappa shape index (κ1) is 22.2. The van der Waals surface area contributed by atoms with Gasteiger partial charge in [0.25, 0.3) is 11.5 Å². The van der Waals surface area contributed by atoms with E-state index in [4.69, 9.17) is 28.4 Å². The van der Waals surface area contributed by atoms with Gasteiger partial charge in [-0.3, -0.25) is 0 Å². The van der Waals surface area contributed by atoms with E-state index in [9.17, 15) is 9.59 Å². The van der Waals surface area contributed by atoms with Crippen LogP contribution in [0, 0.1) is 0 Å².